The van der Waals surface area contributed by atoms with E-state index >= 15 is 0 Å². The van der Waals surface area contributed by atoms with Crippen LogP contribution < -0.4 is 5.32 Å². The van der Waals surface area contributed by atoms with Gasteiger partial charge in [0.1, 0.15) is 0 Å². The van der Waals surface area contributed by atoms with E-state index in [-0.39, 0.29) is 0 Å². The summed E-state index contributed by atoms with van der Waals surface area (Å²) in [6.45, 7) is 13.4. The standard InChI is InChI=1S/C17H29N3/c1-13(2)18-8-16-5-6-17(19-9-16)12-20-10-14(3)7-15(4)11-20/h5-6,9,13-15,18H,7-8,10-12H2,1-4H3. The second-order valence-corrected chi connectivity index (χ2v) is 6.83. The smallest absolute Gasteiger partial charge is 0.0544 e. The Morgan fingerprint density at radius 2 is 1.95 bits per heavy atom. The second-order valence-electron chi connectivity index (χ2n) is 6.83. The Morgan fingerprint density at radius 3 is 2.50 bits per heavy atom. The Bertz CT molecular complexity index is 389. The van der Waals surface area contributed by atoms with Crippen molar-refractivity contribution in [1.29, 1.82) is 0 Å². The minimum atomic E-state index is 0.519. The number of nitrogens with one attached hydrogen (secondary N) is 1. The highest BCUT2D eigenvalue weighted by Gasteiger charge is 2.21. The fourth-order valence-corrected chi connectivity index (χ4v) is 3.13. The molecule has 112 valence electrons. The summed E-state index contributed by atoms with van der Waals surface area (Å²) in [5, 5.41) is 3.42. The summed E-state index contributed by atoms with van der Waals surface area (Å²) in [5.74, 6) is 1.63. The summed E-state index contributed by atoms with van der Waals surface area (Å²) >= 11 is 0. The summed E-state index contributed by atoms with van der Waals surface area (Å²) in [6, 6.07) is 4.90. The van der Waals surface area contributed by atoms with Crippen molar-refractivity contribution in [2.24, 2.45) is 11.8 Å². The maximum atomic E-state index is 4.62. The molecular formula is C17H29N3. The highest BCUT2D eigenvalue weighted by atomic mass is 15.1. The predicted octanol–water partition coefficient (Wildman–Crippen LogP) is 3.06. The molecule has 0 saturated carbocycles. The number of piperidine rings is 1. The van der Waals surface area contributed by atoms with E-state index < -0.39 is 0 Å². The van der Waals surface area contributed by atoms with Crippen LogP contribution in [-0.4, -0.2) is 29.0 Å². The van der Waals surface area contributed by atoms with Crippen LogP contribution in [0.3, 0.4) is 0 Å². The first-order valence-corrected chi connectivity index (χ1v) is 7.92. The summed E-state index contributed by atoms with van der Waals surface area (Å²) in [4.78, 5) is 7.17. The van der Waals surface area contributed by atoms with Gasteiger partial charge in [-0.25, -0.2) is 0 Å². The van der Waals surface area contributed by atoms with Crippen molar-refractivity contribution >= 4 is 0 Å². The molecule has 1 N–H and O–H groups in total. The molecule has 1 aliphatic rings. The molecular weight excluding hydrogens is 246 g/mol. The Hall–Kier alpha value is -0.930. The van der Waals surface area contributed by atoms with Crippen LogP contribution in [0.2, 0.25) is 0 Å². The van der Waals surface area contributed by atoms with Crippen molar-refractivity contribution in [1.82, 2.24) is 15.2 Å². The monoisotopic (exact) mass is 275 g/mol. The van der Waals surface area contributed by atoms with Gasteiger partial charge in [0.05, 0.1) is 5.69 Å². The van der Waals surface area contributed by atoms with Gasteiger partial charge >= 0.3 is 0 Å². The quantitative estimate of drug-likeness (QED) is 0.895. The molecule has 1 fully saturated rings. The third-order valence-corrected chi connectivity index (χ3v) is 3.93. The van der Waals surface area contributed by atoms with Gasteiger partial charge in [-0.2, -0.15) is 0 Å². The molecule has 1 saturated heterocycles. The van der Waals surface area contributed by atoms with Crippen molar-refractivity contribution in [3.8, 4) is 0 Å². The van der Waals surface area contributed by atoms with Gasteiger partial charge in [-0.3, -0.25) is 9.88 Å². The highest BCUT2D eigenvalue weighted by molar-refractivity contribution is 5.14. The average molecular weight is 275 g/mol. The normalized spacial score (nSPS) is 24.2. The van der Waals surface area contributed by atoms with E-state index in [1.807, 2.05) is 6.20 Å². The number of hydrogen-bond acceptors (Lipinski definition) is 3. The van der Waals surface area contributed by atoms with E-state index in [9.17, 15) is 0 Å². The zero-order chi connectivity index (χ0) is 14.5. The molecule has 0 aliphatic carbocycles. The number of hydrogen-bond donors (Lipinski definition) is 1. The third-order valence-electron chi connectivity index (χ3n) is 3.93. The first-order chi connectivity index (χ1) is 9.52. The van der Waals surface area contributed by atoms with Gasteiger partial charge in [0, 0.05) is 38.4 Å². The Labute approximate surface area is 123 Å². The molecule has 0 spiro atoms. The van der Waals surface area contributed by atoms with Gasteiger partial charge in [0.25, 0.3) is 0 Å². The molecule has 0 amide bonds. The Kier molecular flexibility index (Phi) is 5.55. The van der Waals surface area contributed by atoms with Crippen LogP contribution in [0, 0.1) is 11.8 Å². The highest BCUT2D eigenvalue weighted by Crippen LogP contribution is 2.22. The lowest BCUT2D eigenvalue weighted by atomic mass is 9.92. The van der Waals surface area contributed by atoms with Crippen LogP contribution >= 0.6 is 0 Å². The second kappa shape index (κ2) is 7.19. The Balaban J connectivity index is 1.87. The number of nitrogens with zero attached hydrogens (tertiary/aromatic N) is 2. The molecule has 0 bridgehead atoms. The fraction of sp³-hybridized carbons (Fsp3) is 0.706. The predicted molar refractivity (Wildman–Crippen MR) is 84.4 cm³/mol. The number of aromatic nitrogens is 1. The minimum Gasteiger partial charge on any atom is -0.310 e. The summed E-state index contributed by atoms with van der Waals surface area (Å²) < 4.78 is 0. The molecule has 2 heterocycles. The van der Waals surface area contributed by atoms with Gasteiger partial charge in [0.15, 0.2) is 0 Å². The third kappa shape index (κ3) is 4.88. The lowest BCUT2D eigenvalue weighted by Gasteiger charge is -2.34. The van der Waals surface area contributed by atoms with Gasteiger partial charge in [-0.05, 0) is 29.9 Å². The van der Waals surface area contributed by atoms with Crippen LogP contribution in [0.4, 0.5) is 0 Å². The van der Waals surface area contributed by atoms with Gasteiger partial charge in [-0.1, -0.05) is 33.8 Å². The van der Waals surface area contributed by atoms with Crippen molar-refractivity contribution in [2.45, 2.75) is 53.2 Å². The topological polar surface area (TPSA) is 28.2 Å². The van der Waals surface area contributed by atoms with E-state index in [2.05, 4.69) is 55.0 Å². The maximum absolute atomic E-state index is 4.62. The van der Waals surface area contributed by atoms with E-state index in [1.165, 1.54) is 30.8 Å². The number of pyridine rings is 1. The summed E-state index contributed by atoms with van der Waals surface area (Å²) in [6.07, 6.45) is 3.38. The van der Waals surface area contributed by atoms with Crippen LogP contribution in [0.5, 0.6) is 0 Å². The van der Waals surface area contributed by atoms with Crippen LogP contribution in [0.25, 0.3) is 0 Å². The molecule has 1 aromatic heterocycles. The van der Waals surface area contributed by atoms with Gasteiger partial charge in [-0.15, -0.1) is 0 Å². The maximum Gasteiger partial charge on any atom is 0.0544 e. The first kappa shape index (κ1) is 15.5. The lowest BCUT2D eigenvalue weighted by Crippen LogP contribution is -2.38. The molecule has 2 unspecified atom stereocenters. The molecule has 1 aliphatic heterocycles. The van der Waals surface area contributed by atoms with Crippen LogP contribution in [0.1, 0.15) is 45.4 Å². The van der Waals surface area contributed by atoms with Crippen LogP contribution in [0.15, 0.2) is 18.3 Å². The fourth-order valence-electron chi connectivity index (χ4n) is 3.13. The molecule has 2 atom stereocenters. The number of likely N-dealkylation sites (tertiary alicyclic amines) is 1. The molecule has 3 heteroatoms. The van der Waals surface area contributed by atoms with Crippen LogP contribution in [-0.2, 0) is 13.1 Å². The molecule has 2 rings (SSSR count). The average Bonchev–Trinajstić information content (AvgIpc) is 2.36. The minimum absolute atomic E-state index is 0.519. The van der Waals surface area contributed by atoms with E-state index in [0.717, 1.165) is 24.9 Å². The molecule has 0 aromatic carbocycles. The lowest BCUT2D eigenvalue weighted by molar-refractivity contribution is 0.133. The van der Waals surface area contributed by atoms with E-state index in [1.54, 1.807) is 0 Å². The molecule has 1 aromatic rings. The van der Waals surface area contributed by atoms with Gasteiger partial charge in [0.2, 0.25) is 0 Å². The van der Waals surface area contributed by atoms with Crippen molar-refractivity contribution in [3.63, 3.8) is 0 Å². The molecule has 20 heavy (non-hydrogen) atoms. The van der Waals surface area contributed by atoms with Crippen molar-refractivity contribution in [3.05, 3.63) is 29.6 Å². The molecule has 3 nitrogen and oxygen atoms in total. The first-order valence-electron chi connectivity index (χ1n) is 7.92. The van der Waals surface area contributed by atoms with E-state index in [4.69, 9.17) is 0 Å². The van der Waals surface area contributed by atoms with Crippen molar-refractivity contribution < 1.29 is 0 Å². The van der Waals surface area contributed by atoms with E-state index in [0.29, 0.717) is 6.04 Å². The zero-order valence-corrected chi connectivity index (χ0v) is 13.4. The summed E-state index contributed by atoms with van der Waals surface area (Å²) in [7, 11) is 0. The number of rotatable bonds is 5. The van der Waals surface area contributed by atoms with Gasteiger partial charge < -0.3 is 5.32 Å². The summed E-state index contributed by atoms with van der Waals surface area (Å²) in [5.41, 5.74) is 2.46. The largest absolute Gasteiger partial charge is 0.310 e. The molecule has 0 radical (unpaired) electrons. The SMILES string of the molecule is CC1CC(C)CN(Cc2ccc(CNC(C)C)cn2)C1. The Morgan fingerprint density at radius 1 is 1.25 bits per heavy atom. The van der Waals surface area contributed by atoms with Crippen molar-refractivity contribution in [2.75, 3.05) is 13.1 Å². The zero-order valence-electron chi connectivity index (χ0n) is 13.4.